The zero-order valence-electron chi connectivity index (χ0n) is 17.7. The largest absolute Gasteiger partial charge is 0.491 e. The summed E-state index contributed by atoms with van der Waals surface area (Å²) in [6.45, 7) is 1.48. The lowest BCUT2D eigenvalue weighted by atomic mass is 10.2. The SMILES string of the molecule is CN(CC(=O)O)c1nc(-c2cc(OCCOC3CCCCO3)ccn2)nc2c1CCC2. The Balaban J connectivity index is 1.45. The van der Waals surface area contributed by atoms with Gasteiger partial charge in [-0.15, -0.1) is 0 Å². The van der Waals surface area contributed by atoms with Crippen LogP contribution in [0.15, 0.2) is 18.3 Å². The zero-order chi connectivity index (χ0) is 21.6. The second-order valence-electron chi connectivity index (χ2n) is 7.79. The lowest BCUT2D eigenvalue weighted by Crippen LogP contribution is -2.27. The topological polar surface area (TPSA) is 107 Å². The number of anilines is 1. The van der Waals surface area contributed by atoms with Crippen molar-refractivity contribution in [3.63, 3.8) is 0 Å². The van der Waals surface area contributed by atoms with Crippen molar-refractivity contribution in [3.05, 3.63) is 29.6 Å². The highest BCUT2D eigenvalue weighted by molar-refractivity contribution is 5.74. The Labute approximate surface area is 181 Å². The molecule has 1 unspecified atom stereocenters. The average Bonchev–Trinajstić information content (AvgIpc) is 3.25. The van der Waals surface area contributed by atoms with Gasteiger partial charge < -0.3 is 24.2 Å². The summed E-state index contributed by atoms with van der Waals surface area (Å²) in [5.74, 6) is 0.894. The molecule has 0 radical (unpaired) electrons. The summed E-state index contributed by atoms with van der Waals surface area (Å²) in [6.07, 6.45) is 7.37. The molecule has 1 aliphatic carbocycles. The molecule has 0 amide bonds. The van der Waals surface area contributed by atoms with Gasteiger partial charge in [0.1, 0.15) is 30.4 Å². The first-order valence-electron chi connectivity index (χ1n) is 10.8. The number of ether oxygens (including phenoxy) is 3. The molecular weight excluding hydrogens is 400 g/mol. The fraction of sp³-hybridized carbons (Fsp3) is 0.545. The van der Waals surface area contributed by atoms with E-state index in [2.05, 4.69) is 9.97 Å². The molecule has 1 fully saturated rings. The van der Waals surface area contributed by atoms with Gasteiger partial charge >= 0.3 is 5.97 Å². The van der Waals surface area contributed by atoms with Crippen LogP contribution in [0, 0.1) is 0 Å². The maximum absolute atomic E-state index is 11.2. The van der Waals surface area contributed by atoms with E-state index >= 15 is 0 Å². The molecule has 1 saturated heterocycles. The van der Waals surface area contributed by atoms with Crippen molar-refractivity contribution >= 4 is 11.8 Å². The van der Waals surface area contributed by atoms with E-state index in [1.807, 2.05) is 0 Å². The monoisotopic (exact) mass is 428 g/mol. The summed E-state index contributed by atoms with van der Waals surface area (Å²) < 4.78 is 17.1. The number of aromatic nitrogens is 3. The highest BCUT2D eigenvalue weighted by Gasteiger charge is 2.23. The van der Waals surface area contributed by atoms with Gasteiger partial charge in [-0.3, -0.25) is 9.78 Å². The van der Waals surface area contributed by atoms with Crippen LogP contribution in [-0.2, 0) is 27.1 Å². The number of aryl methyl sites for hydroxylation is 1. The first-order valence-corrected chi connectivity index (χ1v) is 10.8. The Morgan fingerprint density at radius 1 is 1.26 bits per heavy atom. The van der Waals surface area contributed by atoms with Crippen molar-refractivity contribution in [2.75, 3.05) is 38.3 Å². The molecule has 1 atom stereocenters. The summed E-state index contributed by atoms with van der Waals surface area (Å²) in [5, 5.41) is 9.17. The van der Waals surface area contributed by atoms with Crippen molar-refractivity contribution in [1.82, 2.24) is 15.0 Å². The van der Waals surface area contributed by atoms with Gasteiger partial charge in [0.2, 0.25) is 0 Å². The van der Waals surface area contributed by atoms with Crippen LogP contribution in [0.4, 0.5) is 5.82 Å². The summed E-state index contributed by atoms with van der Waals surface area (Å²) in [6, 6.07) is 3.58. The molecule has 3 heterocycles. The van der Waals surface area contributed by atoms with Crippen LogP contribution in [-0.4, -0.2) is 65.7 Å². The van der Waals surface area contributed by atoms with E-state index in [0.717, 1.165) is 56.4 Å². The van der Waals surface area contributed by atoms with Gasteiger partial charge in [-0.1, -0.05) is 0 Å². The number of fused-ring (bicyclic) bond motifs is 1. The van der Waals surface area contributed by atoms with Crippen molar-refractivity contribution < 1.29 is 24.1 Å². The van der Waals surface area contributed by atoms with E-state index in [4.69, 9.17) is 19.2 Å². The third kappa shape index (κ3) is 5.48. The Hall–Kier alpha value is -2.78. The Bertz CT molecular complexity index is 917. The van der Waals surface area contributed by atoms with Crippen molar-refractivity contribution in [3.8, 4) is 17.3 Å². The Kier molecular flexibility index (Phi) is 6.93. The molecular formula is C22H28N4O5. The molecule has 4 rings (SSSR count). The molecule has 166 valence electrons. The second-order valence-corrected chi connectivity index (χ2v) is 7.79. The van der Waals surface area contributed by atoms with E-state index < -0.39 is 5.97 Å². The van der Waals surface area contributed by atoms with E-state index in [0.29, 0.717) is 36.3 Å². The standard InChI is InChI=1S/C22H28N4O5/c1-26(14-19(27)28)22-16-5-4-6-17(16)24-21(25-22)18-13-15(8-9-23-18)29-11-12-31-20-7-2-3-10-30-20/h8-9,13,20H,2-7,10-12,14H2,1H3,(H,27,28). The third-order valence-corrected chi connectivity index (χ3v) is 5.40. The summed E-state index contributed by atoms with van der Waals surface area (Å²) >= 11 is 0. The first kappa shape index (κ1) is 21.5. The fourth-order valence-corrected chi connectivity index (χ4v) is 3.93. The van der Waals surface area contributed by atoms with Gasteiger partial charge in [-0.25, -0.2) is 9.97 Å². The number of carboxylic acid groups (broad SMARTS) is 1. The normalized spacial score (nSPS) is 17.9. The van der Waals surface area contributed by atoms with Gasteiger partial charge in [0.15, 0.2) is 12.1 Å². The molecule has 0 aromatic carbocycles. The van der Waals surface area contributed by atoms with Gasteiger partial charge in [0.05, 0.1) is 6.61 Å². The van der Waals surface area contributed by atoms with Crippen molar-refractivity contribution in [2.45, 2.75) is 44.8 Å². The number of likely N-dealkylation sites (N-methyl/N-ethyl adjacent to an activating group) is 1. The molecule has 1 N–H and O–H groups in total. The second kappa shape index (κ2) is 10.0. The minimum Gasteiger partial charge on any atom is -0.491 e. The molecule has 0 spiro atoms. The molecule has 0 bridgehead atoms. The molecule has 1 aliphatic heterocycles. The third-order valence-electron chi connectivity index (χ3n) is 5.40. The number of hydrogen-bond donors (Lipinski definition) is 1. The van der Waals surface area contributed by atoms with Crippen LogP contribution in [0.1, 0.15) is 36.9 Å². The minimum atomic E-state index is -0.899. The van der Waals surface area contributed by atoms with Crippen LogP contribution >= 0.6 is 0 Å². The number of pyridine rings is 1. The molecule has 31 heavy (non-hydrogen) atoms. The molecule has 9 heteroatoms. The summed E-state index contributed by atoms with van der Waals surface area (Å²) in [5.41, 5.74) is 2.59. The minimum absolute atomic E-state index is 0.121. The Morgan fingerprint density at radius 3 is 2.97 bits per heavy atom. The average molecular weight is 428 g/mol. The molecule has 2 aromatic rings. The van der Waals surface area contributed by atoms with Crippen LogP contribution in [0.25, 0.3) is 11.5 Å². The molecule has 0 saturated carbocycles. The number of rotatable bonds is 9. The van der Waals surface area contributed by atoms with Crippen molar-refractivity contribution in [1.29, 1.82) is 0 Å². The molecule has 2 aliphatic rings. The van der Waals surface area contributed by atoms with E-state index in [1.54, 1.807) is 30.3 Å². The lowest BCUT2D eigenvalue weighted by molar-refractivity contribution is -0.165. The van der Waals surface area contributed by atoms with Crippen LogP contribution in [0.3, 0.4) is 0 Å². The first-order chi connectivity index (χ1) is 15.1. The Morgan fingerprint density at radius 2 is 2.16 bits per heavy atom. The van der Waals surface area contributed by atoms with E-state index in [1.165, 1.54) is 0 Å². The number of nitrogens with zero attached hydrogens (tertiary/aromatic N) is 4. The van der Waals surface area contributed by atoms with Crippen molar-refractivity contribution in [2.24, 2.45) is 0 Å². The summed E-state index contributed by atoms with van der Waals surface area (Å²) in [4.78, 5) is 26.6. The molecule has 9 nitrogen and oxygen atoms in total. The lowest BCUT2D eigenvalue weighted by Gasteiger charge is -2.22. The highest BCUT2D eigenvalue weighted by Crippen LogP contribution is 2.31. The predicted octanol–water partition coefficient (Wildman–Crippen LogP) is 2.47. The number of hydrogen-bond acceptors (Lipinski definition) is 8. The fourth-order valence-electron chi connectivity index (χ4n) is 3.93. The van der Waals surface area contributed by atoms with Gasteiger partial charge in [-0.2, -0.15) is 0 Å². The predicted molar refractivity (Wildman–Crippen MR) is 113 cm³/mol. The van der Waals surface area contributed by atoms with Crippen LogP contribution in [0.2, 0.25) is 0 Å². The smallest absolute Gasteiger partial charge is 0.323 e. The highest BCUT2D eigenvalue weighted by atomic mass is 16.7. The van der Waals surface area contributed by atoms with Gasteiger partial charge in [0, 0.05) is 37.2 Å². The van der Waals surface area contributed by atoms with Gasteiger partial charge in [0.25, 0.3) is 0 Å². The van der Waals surface area contributed by atoms with Gasteiger partial charge in [-0.05, 0) is 44.6 Å². The number of carbonyl (C=O) groups is 1. The van der Waals surface area contributed by atoms with E-state index in [-0.39, 0.29) is 12.8 Å². The van der Waals surface area contributed by atoms with E-state index in [9.17, 15) is 9.90 Å². The number of carboxylic acids is 1. The number of aliphatic carboxylic acids is 1. The van der Waals surface area contributed by atoms with Crippen LogP contribution < -0.4 is 9.64 Å². The molecule has 2 aromatic heterocycles. The maximum atomic E-state index is 11.2. The maximum Gasteiger partial charge on any atom is 0.323 e. The zero-order valence-corrected chi connectivity index (χ0v) is 17.7. The quantitative estimate of drug-likeness (QED) is 0.603. The van der Waals surface area contributed by atoms with Crippen LogP contribution in [0.5, 0.6) is 5.75 Å². The summed E-state index contributed by atoms with van der Waals surface area (Å²) in [7, 11) is 1.74.